The molecule has 0 aliphatic heterocycles. The van der Waals surface area contributed by atoms with E-state index >= 15 is 0 Å². The highest BCUT2D eigenvalue weighted by atomic mass is 79.9. The number of halogens is 4. The molecule has 0 aromatic carbocycles. The lowest BCUT2D eigenvalue weighted by Gasteiger charge is -2.13. The van der Waals surface area contributed by atoms with Crippen LogP contribution in [0.4, 0.5) is 8.78 Å². The molecule has 1 rings (SSSR count). The van der Waals surface area contributed by atoms with Crippen molar-refractivity contribution in [3.05, 3.63) is 21.0 Å². The second kappa shape index (κ2) is 5.93. The maximum atomic E-state index is 12.0. The van der Waals surface area contributed by atoms with E-state index in [1.165, 1.54) is 0 Å². The van der Waals surface area contributed by atoms with E-state index in [2.05, 4.69) is 37.2 Å². The number of nitrogens with one attached hydrogen (secondary N) is 1. The van der Waals surface area contributed by atoms with Crippen LogP contribution >= 0.6 is 31.9 Å². The average Bonchev–Trinajstić information content (AvgIpc) is 2.47. The first-order valence-electron chi connectivity index (χ1n) is 4.21. The van der Waals surface area contributed by atoms with E-state index in [0.717, 1.165) is 4.47 Å². The summed E-state index contributed by atoms with van der Waals surface area (Å²) in [6, 6.07) is 1.29. The quantitative estimate of drug-likeness (QED) is 0.861. The molecule has 0 aliphatic rings. The molecule has 1 atom stereocenters. The monoisotopic (exact) mass is 346 g/mol. The Labute approximate surface area is 103 Å². The van der Waals surface area contributed by atoms with Gasteiger partial charge >= 0.3 is 0 Å². The molecule has 1 unspecified atom stereocenters. The third-order valence-electron chi connectivity index (χ3n) is 1.76. The van der Waals surface area contributed by atoms with Gasteiger partial charge in [0.05, 0.1) is 17.1 Å². The number of furan rings is 1. The molecular weight excluding hydrogens is 338 g/mol. The summed E-state index contributed by atoms with van der Waals surface area (Å²) in [6.45, 7) is -0.211. The summed E-state index contributed by atoms with van der Waals surface area (Å²) in [5, 5.41) is 2.62. The maximum absolute atomic E-state index is 12.0. The minimum atomic E-state index is -2.40. The van der Waals surface area contributed by atoms with Gasteiger partial charge in [-0.25, -0.2) is 8.78 Å². The second-order valence-corrected chi connectivity index (χ2v) is 4.43. The SMILES string of the molecule is NCC(NCC(F)F)c1cc(Br)c(Br)o1. The normalized spacial score (nSPS) is 13.5. The predicted molar refractivity (Wildman–Crippen MR) is 59.9 cm³/mol. The minimum absolute atomic E-state index is 0.194. The van der Waals surface area contributed by atoms with E-state index in [4.69, 9.17) is 10.2 Å². The first kappa shape index (κ1) is 13.1. The van der Waals surface area contributed by atoms with Crippen molar-refractivity contribution in [2.24, 2.45) is 5.73 Å². The molecule has 0 aliphatic carbocycles. The zero-order valence-corrected chi connectivity index (χ0v) is 10.8. The van der Waals surface area contributed by atoms with E-state index in [1.54, 1.807) is 6.07 Å². The van der Waals surface area contributed by atoms with Crippen molar-refractivity contribution >= 4 is 31.9 Å². The first-order valence-corrected chi connectivity index (χ1v) is 5.79. The van der Waals surface area contributed by atoms with E-state index in [9.17, 15) is 8.78 Å². The topological polar surface area (TPSA) is 51.2 Å². The fourth-order valence-electron chi connectivity index (χ4n) is 1.07. The summed E-state index contributed by atoms with van der Waals surface area (Å²) in [6.07, 6.45) is -2.40. The maximum Gasteiger partial charge on any atom is 0.250 e. The molecule has 15 heavy (non-hydrogen) atoms. The van der Waals surface area contributed by atoms with Crippen LogP contribution in [0.1, 0.15) is 11.8 Å². The van der Waals surface area contributed by atoms with Crippen molar-refractivity contribution in [1.29, 1.82) is 0 Å². The minimum Gasteiger partial charge on any atom is -0.451 e. The molecule has 1 aromatic heterocycles. The Hall–Kier alpha value is 0.0200. The van der Waals surface area contributed by atoms with Gasteiger partial charge < -0.3 is 15.5 Å². The van der Waals surface area contributed by atoms with Crippen LogP contribution in [-0.2, 0) is 0 Å². The van der Waals surface area contributed by atoms with Crippen molar-refractivity contribution in [2.45, 2.75) is 12.5 Å². The Kier molecular flexibility index (Phi) is 5.17. The Morgan fingerprint density at radius 2 is 2.13 bits per heavy atom. The van der Waals surface area contributed by atoms with Gasteiger partial charge in [0.1, 0.15) is 5.76 Å². The third-order valence-corrected chi connectivity index (χ3v) is 3.47. The second-order valence-electron chi connectivity index (χ2n) is 2.86. The molecule has 0 saturated carbocycles. The number of hydrogen-bond acceptors (Lipinski definition) is 3. The van der Waals surface area contributed by atoms with Gasteiger partial charge in [-0.1, -0.05) is 0 Å². The van der Waals surface area contributed by atoms with Crippen LogP contribution in [0.25, 0.3) is 0 Å². The summed E-state index contributed by atoms with van der Waals surface area (Å²) in [5.74, 6) is 0.525. The molecule has 0 bridgehead atoms. The largest absolute Gasteiger partial charge is 0.451 e. The number of hydrogen-bond donors (Lipinski definition) is 2. The molecule has 0 saturated heterocycles. The molecule has 0 fully saturated rings. The van der Waals surface area contributed by atoms with Crippen LogP contribution in [0.5, 0.6) is 0 Å². The summed E-state index contributed by atoms with van der Waals surface area (Å²) in [7, 11) is 0. The molecule has 0 spiro atoms. The number of rotatable bonds is 5. The highest BCUT2D eigenvalue weighted by Crippen LogP contribution is 2.29. The molecule has 1 aromatic rings. The van der Waals surface area contributed by atoms with Gasteiger partial charge in [-0.2, -0.15) is 0 Å². The smallest absolute Gasteiger partial charge is 0.250 e. The van der Waals surface area contributed by atoms with Crippen LogP contribution < -0.4 is 11.1 Å². The van der Waals surface area contributed by atoms with Crippen LogP contribution in [0.15, 0.2) is 19.6 Å². The Morgan fingerprint density at radius 3 is 2.53 bits per heavy atom. The van der Waals surface area contributed by atoms with Crippen molar-refractivity contribution in [3.8, 4) is 0 Å². The van der Waals surface area contributed by atoms with Gasteiger partial charge in [-0.05, 0) is 37.9 Å². The molecule has 1 heterocycles. The van der Waals surface area contributed by atoms with Crippen molar-refractivity contribution in [1.82, 2.24) is 5.32 Å². The van der Waals surface area contributed by atoms with Gasteiger partial charge in [-0.15, -0.1) is 0 Å². The van der Waals surface area contributed by atoms with Crippen molar-refractivity contribution < 1.29 is 13.2 Å². The zero-order chi connectivity index (χ0) is 11.4. The summed E-state index contributed by atoms with van der Waals surface area (Å²) < 4.78 is 30.5. The zero-order valence-electron chi connectivity index (χ0n) is 7.64. The van der Waals surface area contributed by atoms with Gasteiger partial charge in [0.2, 0.25) is 0 Å². The van der Waals surface area contributed by atoms with Crippen molar-refractivity contribution in [2.75, 3.05) is 13.1 Å². The fraction of sp³-hybridized carbons (Fsp3) is 0.500. The molecule has 0 radical (unpaired) electrons. The standard InChI is InChI=1S/C8H10Br2F2N2O/c9-4-1-6(15-8(4)10)5(2-13)14-3-7(11)12/h1,5,7,14H,2-3,13H2. The van der Waals surface area contributed by atoms with E-state index < -0.39 is 19.0 Å². The molecule has 7 heteroatoms. The van der Waals surface area contributed by atoms with E-state index in [-0.39, 0.29) is 6.54 Å². The van der Waals surface area contributed by atoms with E-state index in [0.29, 0.717) is 10.4 Å². The number of nitrogens with two attached hydrogens (primary N) is 1. The van der Waals surface area contributed by atoms with Crippen LogP contribution in [-0.4, -0.2) is 19.5 Å². The highest BCUT2D eigenvalue weighted by Gasteiger charge is 2.17. The fourth-order valence-corrected chi connectivity index (χ4v) is 1.67. The lowest BCUT2D eigenvalue weighted by molar-refractivity contribution is 0.140. The van der Waals surface area contributed by atoms with Gasteiger partial charge in [-0.3, -0.25) is 0 Å². The number of alkyl halides is 2. The Balaban J connectivity index is 2.65. The summed E-state index contributed by atoms with van der Waals surface area (Å²) in [4.78, 5) is 0. The lowest BCUT2D eigenvalue weighted by atomic mass is 10.2. The third kappa shape index (κ3) is 3.82. The van der Waals surface area contributed by atoms with Crippen LogP contribution in [0, 0.1) is 0 Å². The van der Waals surface area contributed by atoms with Crippen LogP contribution in [0.2, 0.25) is 0 Å². The van der Waals surface area contributed by atoms with Gasteiger partial charge in [0.25, 0.3) is 6.43 Å². The molecule has 86 valence electrons. The molecule has 0 amide bonds. The Morgan fingerprint density at radius 1 is 1.47 bits per heavy atom. The first-order chi connectivity index (χ1) is 7.04. The average molecular weight is 348 g/mol. The Bertz CT molecular complexity index is 300. The predicted octanol–water partition coefficient (Wildman–Crippen LogP) is 2.66. The van der Waals surface area contributed by atoms with Gasteiger partial charge in [0, 0.05) is 6.54 Å². The molecule has 3 nitrogen and oxygen atoms in total. The van der Waals surface area contributed by atoms with Crippen molar-refractivity contribution in [3.63, 3.8) is 0 Å². The summed E-state index contributed by atoms with van der Waals surface area (Å²) in [5.41, 5.74) is 5.45. The molecule has 3 N–H and O–H groups in total. The van der Waals surface area contributed by atoms with Crippen LogP contribution in [0.3, 0.4) is 0 Å². The summed E-state index contributed by atoms with van der Waals surface area (Å²) >= 11 is 6.40. The molecular formula is C8H10Br2F2N2O. The van der Waals surface area contributed by atoms with E-state index in [1.807, 2.05) is 0 Å². The van der Waals surface area contributed by atoms with Gasteiger partial charge in [0.15, 0.2) is 4.67 Å². The lowest BCUT2D eigenvalue weighted by Crippen LogP contribution is -2.31. The highest BCUT2D eigenvalue weighted by molar-refractivity contribution is 9.13.